The van der Waals surface area contributed by atoms with Gasteiger partial charge in [0.2, 0.25) is 10.0 Å². The number of hydrogen-bond donors (Lipinski definition) is 2. The molecule has 1 aliphatic rings. The summed E-state index contributed by atoms with van der Waals surface area (Å²) < 4.78 is 24.4. The van der Waals surface area contributed by atoms with Crippen LogP contribution in [0.5, 0.6) is 0 Å². The first-order valence-electron chi connectivity index (χ1n) is 9.22. The zero-order valence-corrected chi connectivity index (χ0v) is 16.9. The summed E-state index contributed by atoms with van der Waals surface area (Å²) in [6, 6.07) is 14.1. The van der Waals surface area contributed by atoms with Crippen molar-refractivity contribution >= 4 is 21.6 Å². The van der Waals surface area contributed by atoms with E-state index in [0.29, 0.717) is 18.8 Å². The second-order valence-electron chi connectivity index (χ2n) is 7.12. The molecule has 1 heterocycles. The number of carbonyl (C=O) groups excluding carboxylic acids is 1. The van der Waals surface area contributed by atoms with Crippen LogP contribution in [0, 0.1) is 0 Å². The third-order valence-corrected chi connectivity index (χ3v) is 5.96. The van der Waals surface area contributed by atoms with Gasteiger partial charge in [-0.15, -0.1) is 0 Å². The van der Waals surface area contributed by atoms with Crippen molar-refractivity contribution in [2.75, 3.05) is 38.1 Å². The second kappa shape index (κ2) is 8.30. The third kappa shape index (κ3) is 4.70. The Labute approximate surface area is 166 Å². The lowest BCUT2D eigenvalue weighted by atomic mass is 10.1. The Bertz CT molecular complexity index is 939. The van der Waals surface area contributed by atoms with Crippen molar-refractivity contribution in [3.8, 4) is 0 Å². The summed E-state index contributed by atoms with van der Waals surface area (Å²) in [6.07, 6.45) is 0. The highest BCUT2D eigenvalue weighted by molar-refractivity contribution is 7.89. The van der Waals surface area contributed by atoms with Gasteiger partial charge in [-0.3, -0.25) is 4.79 Å². The highest BCUT2D eigenvalue weighted by atomic mass is 32.2. The maximum absolute atomic E-state index is 12.7. The van der Waals surface area contributed by atoms with Gasteiger partial charge in [-0.2, -0.15) is 0 Å². The lowest BCUT2D eigenvalue weighted by Crippen LogP contribution is -2.45. The number of piperazine rings is 1. The lowest BCUT2D eigenvalue weighted by Gasteiger charge is -2.35. The van der Waals surface area contributed by atoms with E-state index in [-0.39, 0.29) is 22.4 Å². The Hall–Kier alpha value is -2.42. The Kier molecular flexibility index (Phi) is 6.02. The lowest BCUT2D eigenvalue weighted by molar-refractivity contribution is 0.0939. The van der Waals surface area contributed by atoms with Gasteiger partial charge >= 0.3 is 0 Å². The van der Waals surface area contributed by atoms with E-state index in [9.17, 15) is 13.2 Å². The van der Waals surface area contributed by atoms with Gasteiger partial charge in [0.25, 0.3) is 5.91 Å². The number of amides is 1. The summed E-state index contributed by atoms with van der Waals surface area (Å²) in [6.45, 7) is 4.96. The van der Waals surface area contributed by atoms with E-state index in [2.05, 4.69) is 10.2 Å². The molecule has 2 aromatic rings. The number of primary sulfonamides is 1. The molecule has 1 unspecified atom stereocenters. The molecule has 1 aliphatic heterocycles. The number of benzene rings is 2. The minimum absolute atomic E-state index is 0.0166. The average molecular weight is 403 g/mol. The van der Waals surface area contributed by atoms with Gasteiger partial charge < -0.3 is 15.1 Å². The van der Waals surface area contributed by atoms with E-state index in [0.717, 1.165) is 18.7 Å². The maximum Gasteiger partial charge on any atom is 0.251 e. The van der Waals surface area contributed by atoms with Gasteiger partial charge in [0.05, 0.1) is 11.7 Å². The molecule has 1 atom stereocenters. The van der Waals surface area contributed by atoms with Crippen LogP contribution in [-0.2, 0) is 10.0 Å². The number of nitrogens with zero attached hydrogens (tertiary/aromatic N) is 2. The van der Waals surface area contributed by atoms with Crippen LogP contribution in [0.3, 0.4) is 0 Å². The summed E-state index contributed by atoms with van der Waals surface area (Å²) in [5.41, 5.74) is 1.78. The molecule has 3 rings (SSSR count). The van der Waals surface area contributed by atoms with Crippen LogP contribution in [0.4, 0.5) is 5.69 Å². The molecule has 1 fully saturated rings. The highest BCUT2D eigenvalue weighted by Gasteiger charge is 2.23. The predicted molar refractivity (Wildman–Crippen MR) is 110 cm³/mol. The Morgan fingerprint density at radius 3 is 2.32 bits per heavy atom. The van der Waals surface area contributed by atoms with Crippen molar-refractivity contribution < 1.29 is 13.2 Å². The van der Waals surface area contributed by atoms with Crippen molar-refractivity contribution in [1.29, 1.82) is 0 Å². The SMILES string of the molecule is CC(NC(=O)c1ccc(N2CCN(C)CC2)c(S(N)(=O)=O)c1)c1ccccc1. The van der Waals surface area contributed by atoms with E-state index in [1.807, 2.05) is 49.2 Å². The molecule has 0 aromatic heterocycles. The van der Waals surface area contributed by atoms with E-state index in [4.69, 9.17) is 5.14 Å². The number of anilines is 1. The van der Waals surface area contributed by atoms with E-state index in [1.54, 1.807) is 12.1 Å². The Balaban J connectivity index is 1.85. The molecule has 7 nitrogen and oxygen atoms in total. The largest absolute Gasteiger partial charge is 0.368 e. The molecular formula is C20H26N4O3S. The number of sulfonamides is 1. The molecule has 1 saturated heterocycles. The number of nitrogens with two attached hydrogens (primary N) is 1. The highest BCUT2D eigenvalue weighted by Crippen LogP contribution is 2.27. The quantitative estimate of drug-likeness (QED) is 0.792. The first kappa shape index (κ1) is 20.3. The van der Waals surface area contributed by atoms with Crippen molar-refractivity contribution in [2.24, 2.45) is 5.14 Å². The molecular weight excluding hydrogens is 376 g/mol. The summed E-state index contributed by atoms with van der Waals surface area (Å²) in [5.74, 6) is -0.341. The predicted octanol–water partition coefficient (Wildman–Crippen LogP) is 1.58. The van der Waals surface area contributed by atoms with Gasteiger partial charge in [0.15, 0.2) is 0 Å². The number of nitrogens with one attached hydrogen (secondary N) is 1. The Morgan fingerprint density at radius 1 is 1.07 bits per heavy atom. The summed E-state index contributed by atoms with van der Waals surface area (Å²) in [5, 5.41) is 8.36. The van der Waals surface area contributed by atoms with Crippen LogP contribution in [0.25, 0.3) is 0 Å². The van der Waals surface area contributed by atoms with Crippen LogP contribution < -0.4 is 15.4 Å². The first-order chi connectivity index (χ1) is 13.3. The first-order valence-corrected chi connectivity index (χ1v) is 10.8. The molecule has 0 bridgehead atoms. The number of carbonyl (C=O) groups is 1. The second-order valence-corrected chi connectivity index (χ2v) is 8.65. The molecule has 28 heavy (non-hydrogen) atoms. The zero-order chi connectivity index (χ0) is 20.3. The molecule has 150 valence electrons. The van der Waals surface area contributed by atoms with Gasteiger partial charge in [-0.25, -0.2) is 13.6 Å². The van der Waals surface area contributed by atoms with Crippen LogP contribution in [-0.4, -0.2) is 52.5 Å². The summed E-state index contributed by atoms with van der Waals surface area (Å²) in [4.78, 5) is 16.8. The zero-order valence-electron chi connectivity index (χ0n) is 16.1. The molecule has 2 aromatic carbocycles. The summed E-state index contributed by atoms with van der Waals surface area (Å²) >= 11 is 0. The van der Waals surface area contributed by atoms with E-state index in [1.165, 1.54) is 6.07 Å². The molecule has 8 heteroatoms. The fourth-order valence-electron chi connectivity index (χ4n) is 3.30. The van der Waals surface area contributed by atoms with E-state index < -0.39 is 10.0 Å². The van der Waals surface area contributed by atoms with Crippen molar-refractivity contribution in [2.45, 2.75) is 17.9 Å². The fourth-order valence-corrected chi connectivity index (χ4v) is 4.08. The topological polar surface area (TPSA) is 95.7 Å². The minimum atomic E-state index is -3.97. The van der Waals surface area contributed by atoms with Crippen LogP contribution in [0.15, 0.2) is 53.4 Å². The van der Waals surface area contributed by atoms with Crippen LogP contribution in [0.1, 0.15) is 28.9 Å². The molecule has 0 radical (unpaired) electrons. The standard InChI is InChI=1S/C20H26N4O3S/c1-15(16-6-4-3-5-7-16)22-20(25)17-8-9-18(19(14-17)28(21,26)27)24-12-10-23(2)11-13-24/h3-9,14-15H,10-13H2,1-2H3,(H,22,25)(H2,21,26,27). The number of hydrogen-bond acceptors (Lipinski definition) is 5. The maximum atomic E-state index is 12.7. The minimum Gasteiger partial charge on any atom is -0.368 e. The van der Waals surface area contributed by atoms with Gasteiger partial charge in [-0.05, 0) is 37.7 Å². The molecule has 0 spiro atoms. The van der Waals surface area contributed by atoms with Gasteiger partial charge in [0, 0.05) is 31.7 Å². The molecule has 0 saturated carbocycles. The van der Waals surface area contributed by atoms with Crippen molar-refractivity contribution in [3.63, 3.8) is 0 Å². The molecule has 0 aliphatic carbocycles. The molecule has 3 N–H and O–H groups in total. The van der Waals surface area contributed by atoms with Crippen LogP contribution in [0.2, 0.25) is 0 Å². The smallest absolute Gasteiger partial charge is 0.251 e. The normalized spacial score (nSPS) is 16.6. The average Bonchev–Trinajstić information content (AvgIpc) is 2.68. The number of likely N-dealkylation sites (N-methyl/N-ethyl adjacent to an activating group) is 1. The number of rotatable bonds is 5. The fraction of sp³-hybridized carbons (Fsp3) is 0.350. The monoisotopic (exact) mass is 402 g/mol. The van der Waals surface area contributed by atoms with Crippen LogP contribution >= 0.6 is 0 Å². The third-order valence-electron chi connectivity index (χ3n) is 5.02. The van der Waals surface area contributed by atoms with Crippen molar-refractivity contribution in [1.82, 2.24) is 10.2 Å². The van der Waals surface area contributed by atoms with E-state index >= 15 is 0 Å². The van der Waals surface area contributed by atoms with Gasteiger partial charge in [0.1, 0.15) is 4.90 Å². The molecule has 1 amide bonds. The van der Waals surface area contributed by atoms with Crippen molar-refractivity contribution in [3.05, 3.63) is 59.7 Å². The van der Waals surface area contributed by atoms with Gasteiger partial charge in [-0.1, -0.05) is 30.3 Å². The summed E-state index contributed by atoms with van der Waals surface area (Å²) in [7, 11) is -1.94. The Morgan fingerprint density at radius 2 is 1.71 bits per heavy atom.